The molecule has 0 radical (unpaired) electrons. The van der Waals surface area contributed by atoms with Gasteiger partial charge >= 0.3 is 0 Å². The lowest BCUT2D eigenvalue weighted by molar-refractivity contribution is 0.591. The molecule has 0 fully saturated rings. The largest absolute Gasteiger partial charge is 0.310 e. The summed E-state index contributed by atoms with van der Waals surface area (Å²) in [5.41, 5.74) is 4.33. The maximum Gasteiger partial charge on any atom is 0.0351 e. The van der Waals surface area contributed by atoms with Gasteiger partial charge in [-0.05, 0) is 48.4 Å². The van der Waals surface area contributed by atoms with Gasteiger partial charge in [0.05, 0.1) is 0 Å². The van der Waals surface area contributed by atoms with E-state index in [1.165, 1.54) is 31.7 Å². The lowest BCUT2D eigenvalue weighted by Crippen LogP contribution is -2.21. The summed E-state index contributed by atoms with van der Waals surface area (Å²) >= 11 is 1.95. The highest BCUT2D eigenvalue weighted by Crippen LogP contribution is 2.33. The van der Waals surface area contributed by atoms with Crippen LogP contribution in [0, 0.1) is 13.8 Å². The highest BCUT2D eigenvalue weighted by atomic mass is 32.1. The summed E-state index contributed by atoms with van der Waals surface area (Å²) in [4.78, 5) is 1.51. The summed E-state index contributed by atoms with van der Waals surface area (Å²) in [6.07, 6.45) is 1.12. The zero-order valence-corrected chi connectivity index (χ0v) is 12.9. The van der Waals surface area contributed by atoms with E-state index >= 15 is 0 Å². The van der Waals surface area contributed by atoms with E-state index in [0.29, 0.717) is 6.04 Å². The van der Waals surface area contributed by atoms with Crippen LogP contribution in [0.1, 0.15) is 42.3 Å². The van der Waals surface area contributed by atoms with Gasteiger partial charge in [-0.15, -0.1) is 11.3 Å². The van der Waals surface area contributed by atoms with E-state index in [9.17, 15) is 0 Å². The average molecular weight is 261 g/mol. The van der Waals surface area contributed by atoms with Crippen molar-refractivity contribution in [2.24, 2.45) is 0 Å². The molecule has 0 aliphatic carbocycles. The van der Waals surface area contributed by atoms with Crippen molar-refractivity contribution >= 4 is 21.4 Å². The monoisotopic (exact) mass is 261 g/mol. The predicted octanol–water partition coefficient (Wildman–Crippen LogP) is 4.58. The van der Waals surface area contributed by atoms with Crippen molar-refractivity contribution in [2.75, 3.05) is 0 Å². The van der Waals surface area contributed by atoms with Crippen molar-refractivity contribution in [1.29, 1.82) is 0 Å². The van der Waals surface area contributed by atoms with Gasteiger partial charge in [-0.25, -0.2) is 0 Å². The van der Waals surface area contributed by atoms with Crippen LogP contribution in [-0.4, -0.2) is 6.04 Å². The zero-order chi connectivity index (χ0) is 13.3. The lowest BCUT2D eigenvalue weighted by Gasteiger charge is -2.08. The van der Waals surface area contributed by atoms with Crippen molar-refractivity contribution in [3.8, 4) is 0 Å². The summed E-state index contributed by atoms with van der Waals surface area (Å²) in [5.74, 6) is 0. The van der Waals surface area contributed by atoms with Crippen LogP contribution < -0.4 is 5.32 Å². The van der Waals surface area contributed by atoms with Gasteiger partial charge < -0.3 is 5.32 Å². The minimum Gasteiger partial charge on any atom is -0.310 e. The van der Waals surface area contributed by atoms with E-state index in [4.69, 9.17) is 0 Å². The lowest BCUT2D eigenvalue weighted by atomic mass is 10.0. The first-order valence-electron chi connectivity index (χ1n) is 6.77. The van der Waals surface area contributed by atoms with Crippen LogP contribution in [0.5, 0.6) is 0 Å². The zero-order valence-electron chi connectivity index (χ0n) is 12.1. The molecule has 18 heavy (non-hydrogen) atoms. The molecule has 1 aromatic heterocycles. The Morgan fingerprint density at radius 2 is 1.83 bits per heavy atom. The Morgan fingerprint density at radius 3 is 2.44 bits per heavy atom. The molecule has 0 bridgehead atoms. The SMILES string of the molecule is CCc1c(CNC(C)C)sc2cc(C)c(C)cc12. The van der Waals surface area contributed by atoms with Gasteiger partial charge in [0.1, 0.15) is 0 Å². The number of rotatable bonds is 4. The molecule has 1 heterocycles. The third-order valence-electron chi connectivity index (χ3n) is 3.52. The molecular formula is C16H23NS. The number of hydrogen-bond acceptors (Lipinski definition) is 2. The molecule has 0 aliphatic rings. The van der Waals surface area contributed by atoms with E-state index in [0.717, 1.165) is 13.0 Å². The molecule has 1 N–H and O–H groups in total. The van der Waals surface area contributed by atoms with Crippen LogP contribution in [0.25, 0.3) is 10.1 Å². The first-order valence-corrected chi connectivity index (χ1v) is 7.59. The number of nitrogens with one attached hydrogen (secondary N) is 1. The second-order valence-corrected chi connectivity index (χ2v) is 6.46. The first-order chi connectivity index (χ1) is 8.52. The highest BCUT2D eigenvalue weighted by molar-refractivity contribution is 7.19. The predicted molar refractivity (Wildman–Crippen MR) is 82.7 cm³/mol. The second-order valence-electron chi connectivity index (χ2n) is 5.33. The molecule has 0 unspecified atom stereocenters. The van der Waals surface area contributed by atoms with Crippen molar-refractivity contribution in [3.63, 3.8) is 0 Å². The van der Waals surface area contributed by atoms with E-state index in [1.54, 1.807) is 0 Å². The second kappa shape index (κ2) is 5.41. The topological polar surface area (TPSA) is 12.0 Å². The van der Waals surface area contributed by atoms with Gasteiger partial charge in [0.15, 0.2) is 0 Å². The van der Waals surface area contributed by atoms with Crippen molar-refractivity contribution in [2.45, 2.75) is 53.6 Å². The van der Waals surface area contributed by atoms with E-state index in [2.05, 4.69) is 52.1 Å². The molecule has 0 spiro atoms. The van der Waals surface area contributed by atoms with Crippen LogP contribution in [0.4, 0.5) is 0 Å². The molecule has 0 amide bonds. The molecule has 0 saturated carbocycles. The summed E-state index contributed by atoms with van der Waals surface area (Å²) in [5, 5.41) is 5.00. The summed E-state index contributed by atoms with van der Waals surface area (Å²) in [6, 6.07) is 5.25. The maximum atomic E-state index is 3.54. The average Bonchev–Trinajstić information content (AvgIpc) is 2.64. The Balaban J connectivity index is 2.47. The highest BCUT2D eigenvalue weighted by Gasteiger charge is 2.11. The summed E-state index contributed by atoms with van der Waals surface area (Å²) in [7, 11) is 0. The Labute approximate surface area is 114 Å². The molecule has 1 nitrogen and oxygen atoms in total. The normalized spacial score (nSPS) is 11.7. The molecule has 0 aliphatic heterocycles. The van der Waals surface area contributed by atoms with Crippen LogP contribution in [0.15, 0.2) is 12.1 Å². The number of hydrogen-bond donors (Lipinski definition) is 1. The van der Waals surface area contributed by atoms with Crippen molar-refractivity contribution < 1.29 is 0 Å². The quantitative estimate of drug-likeness (QED) is 0.849. The Morgan fingerprint density at radius 1 is 1.17 bits per heavy atom. The van der Waals surface area contributed by atoms with E-state index in [1.807, 2.05) is 11.3 Å². The number of thiophene rings is 1. The third kappa shape index (κ3) is 2.60. The molecule has 2 rings (SSSR count). The number of aryl methyl sites for hydroxylation is 3. The van der Waals surface area contributed by atoms with E-state index in [-0.39, 0.29) is 0 Å². The molecule has 1 aromatic carbocycles. The standard InChI is InChI=1S/C16H23NS/c1-6-13-14-7-11(4)12(5)8-15(14)18-16(13)9-17-10(2)3/h7-8,10,17H,6,9H2,1-5H3. The van der Waals surface area contributed by atoms with Crippen LogP contribution in [-0.2, 0) is 13.0 Å². The number of benzene rings is 1. The van der Waals surface area contributed by atoms with Gasteiger partial charge in [0, 0.05) is 22.2 Å². The molecule has 2 heteroatoms. The fourth-order valence-electron chi connectivity index (χ4n) is 2.28. The minimum atomic E-state index is 0.545. The molecule has 0 atom stereocenters. The molecule has 98 valence electrons. The van der Waals surface area contributed by atoms with Crippen LogP contribution >= 0.6 is 11.3 Å². The van der Waals surface area contributed by atoms with Gasteiger partial charge in [-0.2, -0.15) is 0 Å². The third-order valence-corrected chi connectivity index (χ3v) is 4.71. The molecule has 0 saturated heterocycles. The first kappa shape index (κ1) is 13.6. The molecule has 2 aromatic rings. The maximum absolute atomic E-state index is 3.54. The van der Waals surface area contributed by atoms with Gasteiger partial charge in [-0.1, -0.05) is 26.8 Å². The minimum absolute atomic E-state index is 0.545. The Kier molecular flexibility index (Phi) is 4.08. The van der Waals surface area contributed by atoms with Gasteiger partial charge in [0.25, 0.3) is 0 Å². The fraction of sp³-hybridized carbons (Fsp3) is 0.500. The van der Waals surface area contributed by atoms with Crippen LogP contribution in [0.2, 0.25) is 0 Å². The van der Waals surface area contributed by atoms with Crippen LogP contribution in [0.3, 0.4) is 0 Å². The Hall–Kier alpha value is -0.860. The Bertz CT molecular complexity index is 552. The van der Waals surface area contributed by atoms with Crippen molar-refractivity contribution in [3.05, 3.63) is 33.7 Å². The van der Waals surface area contributed by atoms with Crippen molar-refractivity contribution in [1.82, 2.24) is 5.32 Å². The summed E-state index contributed by atoms with van der Waals surface area (Å²) in [6.45, 7) is 12.1. The van der Waals surface area contributed by atoms with Gasteiger partial charge in [-0.3, -0.25) is 0 Å². The van der Waals surface area contributed by atoms with E-state index < -0.39 is 0 Å². The number of fused-ring (bicyclic) bond motifs is 1. The fourth-order valence-corrected chi connectivity index (χ4v) is 3.61. The van der Waals surface area contributed by atoms with Gasteiger partial charge in [0.2, 0.25) is 0 Å². The molecular weight excluding hydrogens is 238 g/mol. The smallest absolute Gasteiger partial charge is 0.0351 e. The summed E-state index contributed by atoms with van der Waals surface area (Å²) < 4.78 is 1.44.